The fourth-order valence-electron chi connectivity index (χ4n) is 2.27. The molecule has 30 heavy (non-hydrogen) atoms. The summed E-state index contributed by atoms with van der Waals surface area (Å²) in [6.45, 7) is 4.65. The molecular formula is C20H22BrFN4O3S. The van der Waals surface area contributed by atoms with Crippen LogP contribution in [0.3, 0.4) is 0 Å². The fourth-order valence-corrected chi connectivity index (χ4v) is 2.89. The maximum absolute atomic E-state index is 13.0. The molecule has 0 saturated heterocycles. The van der Waals surface area contributed by atoms with Gasteiger partial charge in [-0.15, -0.1) is 0 Å². The first-order valence-electron chi connectivity index (χ1n) is 9.14. The van der Waals surface area contributed by atoms with Crippen molar-refractivity contribution < 1.29 is 18.7 Å². The molecule has 0 unspecified atom stereocenters. The van der Waals surface area contributed by atoms with Gasteiger partial charge in [0, 0.05) is 22.3 Å². The number of benzene rings is 2. The van der Waals surface area contributed by atoms with Crippen LogP contribution in [0.5, 0.6) is 11.5 Å². The lowest BCUT2D eigenvalue weighted by atomic mass is 10.2. The standard InChI is InChI=1S/C20H22BrFN4O3S/c1-3-23-20(30)26-24-11-13-9-17(28-4-2)18(10-16(13)21)29-12-19(27)25-15-7-5-14(22)6-8-15/h5-11H,3-4,12H2,1-2H3,(H,25,27)(H2,23,26,30)/b24-11-. The van der Waals surface area contributed by atoms with Gasteiger partial charge in [-0.05, 0) is 78.4 Å². The Morgan fingerprint density at radius 2 is 1.90 bits per heavy atom. The quantitative estimate of drug-likeness (QED) is 0.278. The fraction of sp³-hybridized carbons (Fsp3) is 0.250. The Balaban J connectivity index is 2.04. The van der Waals surface area contributed by atoms with Crippen molar-refractivity contribution in [1.29, 1.82) is 0 Å². The van der Waals surface area contributed by atoms with Gasteiger partial charge in [-0.3, -0.25) is 10.2 Å². The van der Waals surface area contributed by atoms with E-state index in [4.69, 9.17) is 21.7 Å². The predicted octanol–water partition coefficient (Wildman–Crippen LogP) is 3.82. The number of hydrazone groups is 1. The summed E-state index contributed by atoms with van der Waals surface area (Å²) in [4.78, 5) is 12.1. The molecule has 160 valence electrons. The normalized spacial score (nSPS) is 10.5. The molecule has 0 atom stereocenters. The number of hydrogen-bond donors (Lipinski definition) is 3. The molecule has 0 aromatic heterocycles. The highest BCUT2D eigenvalue weighted by molar-refractivity contribution is 9.10. The third kappa shape index (κ3) is 7.60. The van der Waals surface area contributed by atoms with E-state index in [2.05, 4.69) is 37.1 Å². The average molecular weight is 497 g/mol. The molecule has 0 aliphatic heterocycles. The topological polar surface area (TPSA) is 84.0 Å². The highest BCUT2D eigenvalue weighted by atomic mass is 79.9. The number of thiocarbonyl (C=S) groups is 1. The van der Waals surface area contributed by atoms with Crippen LogP contribution in [0.25, 0.3) is 0 Å². The van der Waals surface area contributed by atoms with Gasteiger partial charge in [-0.1, -0.05) is 0 Å². The zero-order chi connectivity index (χ0) is 21.9. The Hall–Kier alpha value is -2.72. The molecule has 0 aliphatic rings. The van der Waals surface area contributed by atoms with Gasteiger partial charge >= 0.3 is 0 Å². The molecule has 0 radical (unpaired) electrons. The second kappa shape index (κ2) is 12.1. The van der Waals surface area contributed by atoms with E-state index in [1.807, 2.05) is 13.8 Å². The summed E-state index contributed by atoms with van der Waals surface area (Å²) in [6, 6.07) is 8.91. The van der Waals surface area contributed by atoms with Gasteiger partial charge in [0.2, 0.25) is 0 Å². The first-order valence-corrected chi connectivity index (χ1v) is 10.3. The number of hydrogen-bond acceptors (Lipinski definition) is 5. The molecule has 0 fully saturated rings. The van der Waals surface area contributed by atoms with Crippen LogP contribution in [0, 0.1) is 5.82 Å². The van der Waals surface area contributed by atoms with Crippen LogP contribution in [0.4, 0.5) is 10.1 Å². The molecule has 10 heteroatoms. The summed E-state index contributed by atoms with van der Waals surface area (Å²) < 4.78 is 24.9. The summed E-state index contributed by atoms with van der Waals surface area (Å²) in [7, 11) is 0. The first-order chi connectivity index (χ1) is 14.4. The van der Waals surface area contributed by atoms with Crippen molar-refractivity contribution in [3.63, 3.8) is 0 Å². The molecule has 0 heterocycles. The Kier molecular flexibility index (Phi) is 9.49. The van der Waals surface area contributed by atoms with E-state index in [0.29, 0.717) is 39.9 Å². The van der Waals surface area contributed by atoms with Gasteiger partial charge in [0.25, 0.3) is 5.91 Å². The van der Waals surface area contributed by atoms with Crippen LogP contribution in [0.15, 0.2) is 46.0 Å². The average Bonchev–Trinajstić information content (AvgIpc) is 2.71. The van der Waals surface area contributed by atoms with Gasteiger partial charge in [-0.2, -0.15) is 5.10 Å². The molecule has 0 saturated carbocycles. The van der Waals surface area contributed by atoms with Crippen molar-refractivity contribution >= 4 is 51.1 Å². The summed E-state index contributed by atoms with van der Waals surface area (Å²) in [5.41, 5.74) is 3.92. The minimum Gasteiger partial charge on any atom is -0.490 e. The molecule has 2 aromatic rings. The predicted molar refractivity (Wildman–Crippen MR) is 123 cm³/mol. The molecule has 0 bridgehead atoms. The molecule has 2 rings (SSSR count). The van der Waals surface area contributed by atoms with Crippen molar-refractivity contribution in [3.05, 3.63) is 52.3 Å². The highest BCUT2D eigenvalue weighted by Crippen LogP contribution is 2.33. The molecule has 7 nitrogen and oxygen atoms in total. The van der Waals surface area contributed by atoms with E-state index in [1.54, 1.807) is 18.3 Å². The lowest BCUT2D eigenvalue weighted by Gasteiger charge is -2.14. The number of carbonyl (C=O) groups excluding carboxylic acids is 1. The largest absolute Gasteiger partial charge is 0.490 e. The van der Waals surface area contributed by atoms with Crippen LogP contribution in [-0.4, -0.2) is 37.0 Å². The van der Waals surface area contributed by atoms with Crippen molar-refractivity contribution in [1.82, 2.24) is 10.7 Å². The Morgan fingerprint density at radius 3 is 2.57 bits per heavy atom. The maximum Gasteiger partial charge on any atom is 0.262 e. The molecule has 2 aromatic carbocycles. The first kappa shape index (κ1) is 23.6. The van der Waals surface area contributed by atoms with Crippen molar-refractivity contribution in [2.45, 2.75) is 13.8 Å². The highest BCUT2D eigenvalue weighted by Gasteiger charge is 2.12. The van der Waals surface area contributed by atoms with Crippen molar-refractivity contribution in [2.75, 3.05) is 25.1 Å². The minimum atomic E-state index is -0.382. The Labute approximate surface area is 188 Å². The molecule has 1 amide bonds. The third-order valence-corrected chi connectivity index (χ3v) is 4.48. The maximum atomic E-state index is 13.0. The molecular weight excluding hydrogens is 475 g/mol. The van der Waals surface area contributed by atoms with E-state index in [-0.39, 0.29) is 18.3 Å². The van der Waals surface area contributed by atoms with Crippen LogP contribution in [0.2, 0.25) is 0 Å². The SMILES string of the molecule is CCNC(=S)N/N=C\c1cc(OCC)c(OCC(=O)Nc2ccc(F)cc2)cc1Br. The van der Waals surface area contributed by atoms with Crippen LogP contribution in [0.1, 0.15) is 19.4 Å². The number of rotatable bonds is 9. The summed E-state index contributed by atoms with van der Waals surface area (Å²) in [6.07, 6.45) is 1.58. The second-order valence-corrected chi connectivity index (χ2v) is 7.09. The third-order valence-electron chi connectivity index (χ3n) is 3.56. The Bertz CT molecular complexity index is 910. The van der Waals surface area contributed by atoms with Gasteiger partial charge < -0.3 is 20.1 Å². The Morgan fingerprint density at radius 1 is 1.20 bits per heavy atom. The van der Waals surface area contributed by atoms with Crippen LogP contribution < -0.4 is 25.5 Å². The van der Waals surface area contributed by atoms with Gasteiger partial charge in [0.05, 0.1) is 12.8 Å². The number of halogens is 2. The zero-order valence-electron chi connectivity index (χ0n) is 16.5. The van der Waals surface area contributed by atoms with E-state index in [0.717, 1.165) is 5.56 Å². The zero-order valence-corrected chi connectivity index (χ0v) is 18.9. The number of ether oxygens (including phenoxy) is 2. The van der Waals surface area contributed by atoms with E-state index in [1.165, 1.54) is 24.3 Å². The summed E-state index contributed by atoms with van der Waals surface area (Å²) >= 11 is 8.51. The number of carbonyl (C=O) groups is 1. The van der Waals surface area contributed by atoms with Crippen molar-refractivity contribution in [3.8, 4) is 11.5 Å². The van der Waals surface area contributed by atoms with Gasteiger partial charge in [-0.25, -0.2) is 4.39 Å². The minimum absolute atomic E-state index is 0.240. The summed E-state index contributed by atoms with van der Waals surface area (Å²) in [5.74, 6) is 0.0990. The number of nitrogens with one attached hydrogen (secondary N) is 3. The molecule has 3 N–H and O–H groups in total. The monoisotopic (exact) mass is 496 g/mol. The van der Waals surface area contributed by atoms with E-state index in [9.17, 15) is 9.18 Å². The lowest BCUT2D eigenvalue weighted by Crippen LogP contribution is -2.31. The number of anilines is 1. The van der Waals surface area contributed by atoms with E-state index < -0.39 is 0 Å². The molecule has 0 aliphatic carbocycles. The van der Waals surface area contributed by atoms with Gasteiger partial charge in [0.15, 0.2) is 23.2 Å². The van der Waals surface area contributed by atoms with E-state index >= 15 is 0 Å². The summed E-state index contributed by atoms with van der Waals surface area (Å²) in [5, 5.41) is 10.1. The smallest absolute Gasteiger partial charge is 0.262 e. The lowest BCUT2D eigenvalue weighted by molar-refractivity contribution is -0.118. The van der Waals surface area contributed by atoms with Crippen LogP contribution >= 0.6 is 28.1 Å². The van der Waals surface area contributed by atoms with Gasteiger partial charge in [0.1, 0.15) is 5.82 Å². The van der Waals surface area contributed by atoms with Crippen molar-refractivity contribution in [2.24, 2.45) is 5.10 Å². The number of amides is 1. The van der Waals surface area contributed by atoms with Crippen LogP contribution in [-0.2, 0) is 4.79 Å². The molecule has 0 spiro atoms. The number of nitrogens with zero attached hydrogens (tertiary/aromatic N) is 1. The second-order valence-electron chi connectivity index (χ2n) is 5.83.